The minimum Gasteiger partial charge on any atom is -0.387 e. The second-order valence-corrected chi connectivity index (χ2v) is 7.02. The van der Waals surface area contributed by atoms with Crippen LogP contribution in [0, 0.1) is 26.2 Å². The summed E-state index contributed by atoms with van der Waals surface area (Å²) in [4.78, 5) is 2.45. The predicted octanol–water partition coefficient (Wildman–Crippen LogP) is 4.16. The van der Waals surface area contributed by atoms with Gasteiger partial charge in [-0.1, -0.05) is 31.5 Å². The van der Waals surface area contributed by atoms with Crippen LogP contribution in [0.25, 0.3) is 0 Å². The molecule has 1 atom stereocenters. The summed E-state index contributed by atoms with van der Waals surface area (Å²) < 4.78 is 0. The molecule has 0 spiro atoms. The molecule has 1 heterocycles. The van der Waals surface area contributed by atoms with Crippen molar-refractivity contribution in [1.29, 1.82) is 0 Å². The van der Waals surface area contributed by atoms with Crippen LogP contribution >= 0.6 is 0 Å². The number of rotatable bonds is 5. The molecule has 0 bridgehead atoms. The molecule has 0 saturated carbocycles. The van der Waals surface area contributed by atoms with Crippen molar-refractivity contribution in [2.75, 3.05) is 19.6 Å². The zero-order valence-corrected chi connectivity index (χ0v) is 14.4. The smallest absolute Gasteiger partial charge is 0.0922 e. The van der Waals surface area contributed by atoms with Gasteiger partial charge in [0.25, 0.3) is 0 Å². The van der Waals surface area contributed by atoms with Gasteiger partial charge < -0.3 is 5.11 Å². The van der Waals surface area contributed by atoms with Gasteiger partial charge >= 0.3 is 0 Å². The van der Waals surface area contributed by atoms with Crippen LogP contribution in [0.2, 0.25) is 0 Å². The van der Waals surface area contributed by atoms with E-state index in [1.54, 1.807) is 0 Å². The topological polar surface area (TPSA) is 23.5 Å². The molecule has 1 unspecified atom stereocenters. The SMILES string of the molecule is CCC1(CC)CCN(CC(O)c2c(C)cc(C)cc2C)C1. The summed E-state index contributed by atoms with van der Waals surface area (Å²) in [5.74, 6) is 0. The molecule has 0 aliphatic carbocycles. The fourth-order valence-electron chi connectivity index (χ4n) is 4.06. The molecule has 1 fully saturated rings. The van der Waals surface area contributed by atoms with Crippen LogP contribution in [-0.2, 0) is 0 Å². The van der Waals surface area contributed by atoms with Crippen LogP contribution in [-0.4, -0.2) is 29.6 Å². The van der Waals surface area contributed by atoms with Crippen molar-refractivity contribution in [3.63, 3.8) is 0 Å². The molecule has 21 heavy (non-hydrogen) atoms. The summed E-state index contributed by atoms with van der Waals surface area (Å²) in [6.07, 6.45) is 3.41. The van der Waals surface area contributed by atoms with E-state index < -0.39 is 0 Å². The maximum atomic E-state index is 10.7. The van der Waals surface area contributed by atoms with Gasteiger partial charge in [-0.15, -0.1) is 0 Å². The Labute approximate surface area is 130 Å². The highest BCUT2D eigenvalue weighted by atomic mass is 16.3. The largest absolute Gasteiger partial charge is 0.387 e. The van der Waals surface area contributed by atoms with Crippen molar-refractivity contribution in [3.8, 4) is 0 Å². The van der Waals surface area contributed by atoms with Gasteiger partial charge in [0, 0.05) is 13.1 Å². The lowest BCUT2D eigenvalue weighted by atomic mass is 9.82. The van der Waals surface area contributed by atoms with E-state index in [1.165, 1.54) is 36.0 Å². The van der Waals surface area contributed by atoms with Crippen LogP contribution < -0.4 is 0 Å². The average Bonchev–Trinajstić information content (AvgIpc) is 2.81. The maximum Gasteiger partial charge on any atom is 0.0922 e. The van der Waals surface area contributed by atoms with Crippen LogP contribution in [0.15, 0.2) is 12.1 Å². The highest BCUT2D eigenvalue weighted by Crippen LogP contribution is 2.37. The highest BCUT2D eigenvalue weighted by molar-refractivity contribution is 5.39. The van der Waals surface area contributed by atoms with E-state index in [9.17, 15) is 5.11 Å². The van der Waals surface area contributed by atoms with E-state index in [4.69, 9.17) is 0 Å². The van der Waals surface area contributed by atoms with E-state index in [-0.39, 0.29) is 6.10 Å². The minimum atomic E-state index is -0.366. The molecule has 0 aromatic heterocycles. The summed E-state index contributed by atoms with van der Waals surface area (Å²) in [7, 11) is 0. The van der Waals surface area contributed by atoms with Crippen LogP contribution in [0.4, 0.5) is 0 Å². The van der Waals surface area contributed by atoms with Crippen molar-refractivity contribution in [1.82, 2.24) is 4.90 Å². The average molecular weight is 289 g/mol. The van der Waals surface area contributed by atoms with Gasteiger partial charge in [-0.05, 0) is 68.7 Å². The lowest BCUT2D eigenvalue weighted by Gasteiger charge is -2.28. The number of benzene rings is 1. The fraction of sp³-hybridized carbons (Fsp3) is 0.684. The Morgan fingerprint density at radius 3 is 2.19 bits per heavy atom. The molecular formula is C19H31NO. The third kappa shape index (κ3) is 3.49. The Bertz CT molecular complexity index is 467. The number of hydrogen-bond acceptors (Lipinski definition) is 2. The summed E-state index contributed by atoms with van der Waals surface area (Å²) in [6, 6.07) is 4.36. The number of hydrogen-bond donors (Lipinski definition) is 1. The Kier molecular flexibility index (Phi) is 5.11. The first-order chi connectivity index (χ1) is 9.90. The highest BCUT2D eigenvalue weighted by Gasteiger charge is 2.35. The van der Waals surface area contributed by atoms with Gasteiger partial charge in [-0.3, -0.25) is 4.90 Å². The van der Waals surface area contributed by atoms with E-state index in [0.29, 0.717) is 5.41 Å². The lowest BCUT2D eigenvalue weighted by molar-refractivity contribution is 0.116. The maximum absolute atomic E-state index is 10.7. The zero-order chi connectivity index (χ0) is 15.6. The Morgan fingerprint density at radius 2 is 1.71 bits per heavy atom. The van der Waals surface area contributed by atoms with Crippen molar-refractivity contribution < 1.29 is 5.11 Å². The molecule has 0 radical (unpaired) electrons. The van der Waals surface area contributed by atoms with E-state index in [2.05, 4.69) is 51.7 Å². The molecular weight excluding hydrogens is 258 g/mol. The van der Waals surface area contributed by atoms with Crippen molar-refractivity contribution in [3.05, 3.63) is 34.4 Å². The quantitative estimate of drug-likeness (QED) is 0.880. The summed E-state index contributed by atoms with van der Waals surface area (Å²) in [5.41, 5.74) is 5.33. The second kappa shape index (κ2) is 6.50. The van der Waals surface area contributed by atoms with Gasteiger partial charge in [0.2, 0.25) is 0 Å². The second-order valence-electron chi connectivity index (χ2n) is 7.02. The van der Waals surface area contributed by atoms with Crippen LogP contribution in [0.1, 0.15) is 61.5 Å². The van der Waals surface area contributed by atoms with Gasteiger partial charge in [0.15, 0.2) is 0 Å². The van der Waals surface area contributed by atoms with Gasteiger partial charge in [-0.2, -0.15) is 0 Å². The first-order valence-corrected chi connectivity index (χ1v) is 8.39. The van der Waals surface area contributed by atoms with Crippen LogP contribution in [0.5, 0.6) is 0 Å². The van der Waals surface area contributed by atoms with E-state index >= 15 is 0 Å². The predicted molar refractivity (Wildman–Crippen MR) is 89.7 cm³/mol. The molecule has 1 aromatic carbocycles. The lowest BCUT2D eigenvalue weighted by Crippen LogP contribution is -2.30. The van der Waals surface area contributed by atoms with Gasteiger partial charge in [0.05, 0.1) is 6.10 Å². The van der Waals surface area contributed by atoms with E-state index in [0.717, 1.165) is 25.2 Å². The minimum absolute atomic E-state index is 0.366. The monoisotopic (exact) mass is 289 g/mol. The first-order valence-electron chi connectivity index (χ1n) is 8.39. The molecule has 1 saturated heterocycles. The molecule has 1 aromatic rings. The number of likely N-dealkylation sites (tertiary alicyclic amines) is 1. The standard InChI is InChI=1S/C19H31NO/c1-6-19(7-2)8-9-20(13-19)12-17(21)18-15(4)10-14(3)11-16(18)5/h10-11,17,21H,6-9,12-13H2,1-5H3. The normalized spacial score (nSPS) is 19.9. The fourth-order valence-corrected chi connectivity index (χ4v) is 4.06. The van der Waals surface area contributed by atoms with Gasteiger partial charge in [0.1, 0.15) is 0 Å². The number of aliphatic hydroxyl groups excluding tert-OH is 1. The van der Waals surface area contributed by atoms with Crippen molar-refractivity contribution >= 4 is 0 Å². The van der Waals surface area contributed by atoms with Gasteiger partial charge in [-0.25, -0.2) is 0 Å². The zero-order valence-electron chi connectivity index (χ0n) is 14.4. The Morgan fingerprint density at radius 1 is 1.14 bits per heavy atom. The first kappa shape index (κ1) is 16.5. The Hall–Kier alpha value is -0.860. The molecule has 1 aliphatic heterocycles. The molecule has 1 N–H and O–H groups in total. The van der Waals surface area contributed by atoms with Crippen LogP contribution in [0.3, 0.4) is 0 Å². The number of β-amino-alcohol motifs (C(OH)–C–C–N with tert-alkyl or cyclic N) is 1. The Balaban J connectivity index is 2.08. The third-order valence-corrected chi connectivity index (χ3v) is 5.52. The number of aryl methyl sites for hydroxylation is 3. The molecule has 0 amide bonds. The molecule has 2 rings (SSSR count). The molecule has 118 valence electrons. The molecule has 1 aliphatic rings. The summed E-state index contributed by atoms with van der Waals surface area (Å²) in [5, 5.41) is 10.7. The summed E-state index contributed by atoms with van der Waals surface area (Å²) in [6.45, 7) is 14.0. The van der Waals surface area contributed by atoms with E-state index in [1.807, 2.05) is 0 Å². The van der Waals surface area contributed by atoms with Crippen molar-refractivity contribution in [2.24, 2.45) is 5.41 Å². The molecule has 2 nitrogen and oxygen atoms in total. The number of aliphatic hydroxyl groups is 1. The number of nitrogens with zero attached hydrogens (tertiary/aromatic N) is 1. The summed E-state index contributed by atoms with van der Waals surface area (Å²) >= 11 is 0. The third-order valence-electron chi connectivity index (χ3n) is 5.52. The van der Waals surface area contributed by atoms with Crippen molar-refractivity contribution in [2.45, 2.75) is 60.0 Å². The molecule has 2 heteroatoms.